The van der Waals surface area contributed by atoms with E-state index in [0.717, 1.165) is 16.9 Å². The predicted molar refractivity (Wildman–Crippen MR) is 112 cm³/mol. The van der Waals surface area contributed by atoms with Crippen molar-refractivity contribution in [2.24, 2.45) is 0 Å². The maximum atomic E-state index is 12.8. The molecule has 2 amide bonds. The van der Waals surface area contributed by atoms with Gasteiger partial charge in [0, 0.05) is 19.2 Å². The van der Waals surface area contributed by atoms with E-state index < -0.39 is 11.9 Å². The van der Waals surface area contributed by atoms with Gasteiger partial charge in [0.1, 0.15) is 5.00 Å². The number of nitrogens with one attached hydrogen (secondary N) is 1. The SMILES string of the molecule is CCN(CC)C(=O)c1sc(NC(=O)/C=C\c2ccccc2)c(C(=O)OC)c1C. The van der Waals surface area contributed by atoms with Crippen molar-refractivity contribution in [1.29, 1.82) is 0 Å². The lowest BCUT2D eigenvalue weighted by atomic mass is 10.1. The van der Waals surface area contributed by atoms with E-state index in [2.05, 4.69) is 5.32 Å². The van der Waals surface area contributed by atoms with Crippen LogP contribution in [-0.4, -0.2) is 42.9 Å². The second kappa shape index (κ2) is 9.85. The molecule has 28 heavy (non-hydrogen) atoms. The lowest BCUT2D eigenvalue weighted by Crippen LogP contribution is -2.30. The van der Waals surface area contributed by atoms with Gasteiger partial charge in [0.25, 0.3) is 5.91 Å². The molecule has 0 fully saturated rings. The summed E-state index contributed by atoms with van der Waals surface area (Å²) < 4.78 is 4.85. The Morgan fingerprint density at radius 3 is 2.36 bits per heavy atom. The van der Waals surface area contributed by atoms with Gasteiger partial charge in [-0.15, -0.1) is 11.3 Å². The Morgan fingerprint density at radius 1 is 1.14 bits per heavy atom. The first-order valence-electron chi connectivity index (χ1n) is 8.97. The summed E-state index contributed by atoms with van der Waals surface area (Å²) in [5.41, 5.74) is 1.60. The fourth-order valence-electron chi connectivity index (χ4n) is 2.70. The van der Waals surface area contributed by atoms with Gasteiger partial charge >= 0.3 is 5.97 Å². The van der Waals surface area contributed by atoms with Gasteiger partial charge in [-0.05, 0) is 38.0 Å². The van der Waals surface area contributed by atoms with Crippen molar-refractivity contribution in [3.05, 3.63) is 58.0 Å². The number of thiophene rings is 1. The largest absolute Gasteiger partial charge is 0.465 e. The van der Waals surface area contributed by atoms with E-state index >= 15 is 0 Å². The summed E-state index contributed by atoms with van der Waals surface area (Å²) in [7, 11) is 1.27. The van der Waals surface area contributed by atoms with Gasteiger partial charge in [-0.3, -0.25) is 9.59 Å². The van der Waals surface area contributed by atoms with E-state index in [9.17, 15) is 14.4 Å². The fourth-order valence-corrected chi connectivity index (χ4v) is 3.86. The molecule has 0 spiro atoms. The molecule has 6 nitrogen and oxygen atoms in total. The van der Waals surface area contributed by atoms with Crippen LogP contribution in [0.2, 0.25) is 0 Å². The van der Waals surface area contributed by atoms with Crippen molar-refractivity contribution < 1.29 is 19.1 Å². The first-order chi connectivity index (χ1) is 13.4. The van der Waals surface area contributed by atoms with Crippen LogP contribution >= 0.6 is 11.3 Å². The molecule has 2 aromatic rings. The Bertz CT molecular complexity index is 883. The van der Waals surface area contributed by atoms with Crippen molar-refractivity contribution in [2.75, 3.05) is 25.5 Å². The Labute approximate surface area is 168 Å². The number of amides is 2. The third kappa shape index (κ3) is 4.86. The highest BCUT2D eigenvalue weighted by molar-refractivity contribution is 7.18. The third-order valence-corrected chi connectivity index (χ3v) is 5.44. The quantitative estimate of drug-likeness (QED) is 0.563. The highest BCUT2D eigenvalue weighted by atomic mass is 32.1. The molecule has 1 N–H and O–H groups in total. The van der Waals surface area contributed by atoms with Crippen LogP contribution in [0.25, 0.3) is 6.08 Å². The number of anilines is 1. The van der Waals surface area contributed by atoms with Crippen molar-refractivity contribution in [1.82, 2.24) is 4.90 Å². The zero-order chi connectivity index (χ0) is 20.7. The van der Waals surface area contributed by atoms with Gasteiger partial charge in [0.05, 0.1) is 17.6 Å². The van der Waals surface area contributed by atoms with Crippen LogP contribution in [0.3, 0.4) is 0 Å². The highest BCUT2D eigenvalue weighted by Crippen LogP contribution is 2.34. The maximum Gasteiger partial charge on any atom is 0.341 e. The average molecular weight is 401 g/mol. The topological polar surface area (TPSA) is 75.7 Å². The number of carbonyl (C=O) groups is 3. The van der Waals surface area contributed by atoms with Crippen molar-refractivity contribution >= 4 is 40.2 Å². The maximum absolute atomic E-state index is 12.8. The van der Waals surface area contributed by atoms with Crippen LogP contribution in [0.1, 0.15) is 45.0 Å². The number of hydrogen-bond donors (Lipinski definition) is 1. The molecule has 0 aliphatic heterocycles. The summed E-state index contributed by atoms with van der Waals surface area (Å²) in [4.78, 5) is 39.4. The van der Waals surface area contributed by atoms with E-state index in [1.807, 2.05) is 44.2 Å². The standard InChI is InChI=1S/C21H24N2O4S/c1-5-23(6-2)20(25)18-14(3)17(21(26)27-4)19(28-18)22-16(24)13-12-15-10-8-7-9-11-15/h7-13H,5-6H2,1-4H3,(H,22,24)/b13-12-. The molecule has 2 rings (SSSR count). The number of benzene rings is 1. The Kier molecular flexibility index (Phi) is 7.52. The molecule has 0 bridgehead atoms. The van der Waals surface area contributed by atoms with E-state index in [1.54, 1.807) is 17.9 Å². The zero-order valence-corrected chi connectivity index (χ0v) is 17.3. The van der Waals surface area contributed by atoms with Crippen molar-refractivity contribution in [2.45, 2.75) is 20.8 Å². The summed E-state index contributed by atoms with van der Waals surface area (Å²) >= 11 is 1.09. The second-order valence-electron chi connectivity index (χ2n) is 5.96. The molecule has 0 radical (unpaired) electrons. The molecule has 1 heterocycles. The van der Waals surface area contributed by atoms with Gasteiger partial charge in [0.2, 0.25) is 5.91 Å². The Morgan fingerprint density at radius 2 is 1.79 bits per heavy atom. The molecular weight excluding hydrogens is 376 g/mol. The number of hydrogen-bond acceptors (Lipinski definition) is 5. The van der Waals surface area contributed by atoms with Gasteiger partial charge in [-0.1, -0.05) is 30.3 Å². The molecule has 0 saturated heterocycles. The molecule has 1 aromatic carbocycles. The minimum absolute atomic E-state index is 0.169. The molecule has 0 unspecified atom stereocenters. The van der Waals surface area contributed by atoms with Crippen molar-refractivity contribution in [3.63, 3.8) is 0 Å². The molecule has 0 aliphatic rings. The zero-order valence-electron chi connectivity index (χ0n) is 16.4. The summed E-state index contributed by atoms with van der Waals surface area (Å²) in [6, 6.07) is 9.39. The Hall–Kier alpha value is -2.93. The molecule has 0 aliphatic carbocycles. The Balaban J connectivity index is 2.33. The molecular formula is C21H24N2O4S. The third-order valence-electron chi connectivity index (χ3n) is 4.24. The lowest BCUT2D eigenvalue weighted by Gasteiger charge is -2.17. The number of carbonyl (C=O) groups excluding carboxylic acids is 3. The van der Waals surface area contributed by atoms with Crippen molar-refractivity contribution in [3.8, 4) is 0 Å². The summed E-state index contributed by atoms with van der Waals surface area (Å²) in [5.74, 6) is -1.15. The molecule has 0 atom stereocenters. The average Bonchev–Trinajstić information content (AvgIpc) is 3.03. The van der Waals surface area contributed by atoms with E-state index in [1.165, 1.54) is 13.2 Å². The fraction of sp³-hybridized carbons (Fsp3) is 0.286. The van der Waals surface area contributed by atoms with Crippen LogP contribution in [0.4, 0.5) is 5.00 Å². The van der Waals surface area contributed by atoms with Crippen LogP contribution in [0.5, 0.6) is 0 Å². The van der Waals surface area contributed by atoms with Gasteiger partial charge in [0.15, 0.2) is 0 Å². The minimum Gasteiger partial charge on any atom is -0.465 e. The summed E-state index contributed by atoms with van der Waals surface area (Å²) in [6.07, 6.45) is 3.06. The smallest absolute Gasteiger partial charge is 0.341 e. The molecule has 148 valence electrons. The second-order valence-corrected chi connectivity index (χ2v) is 6.98. The lowest BCUT2D eigenvalue weighted by molar-refractivity contribution is -0.111. The molecule has 1 aromatic heterocycles. The van der Waals surface area contributed by atoms with Gasteiger partial charge in [-0.2, -0.15) is 0 Å². The summed E-state index contributed by atoms with van der Waals surface area (Å²) in [5, 5.41) is 3.02. The van der Waals surface area contributed by atoms with Crippen LogP contribution in [0.15, 0.2) is 36.4 Å². The van der Waals surface area contributed by atoms with E-state index in [4.69, 9.17) is 4.74 Å². The minimum atomic E-state index is -0.588. The first-order valence-corrected chi connectivity index (χ1v) is 9.79. The highest BCUT2D eigenvalue weighted by Gasteiger charge is 2.27. The number of methoxy groups -OCH3 is 1. The van der Waals surface area contributed by atoms with E-state index in [-0.39, 0.29) is 11.5 Å². The van der Waals surface area contributed by atoms with Crippen LogP contribution < -0.4 is 5.32 Å². The molecule has 0 saturated carbocycles. The first kappa shape index (κ1) is 21.4. The summed E-state index contributed by atoms with van der Waals surface area (Å²) in [6.45, 7) is 6.59. The molecule has 7 heteroatoms. The predicted octanol–water partition coefficient (Wildman–Crippen LogP) is 3.98. The van der Waals surface area contributed by atoms with Gasteiger partial charge < -0.3 is 15.0 Å². The number of nitrogens with zero attached hydrogens (tertiary/aromatic N) is 1. The van der Waals surface area contributed by atoms with Crippen LogP contribution in [-0.2, 0) is 9.53 Å². The number of ether oxygens (including phenoxy) is 1. The normalized spacial score (nSPS) is 10.7. The number of esters is 1. The monoisotopic (exact) mass is 400 g/mol. The van der Waals surface area contributed by atoms with Gasteiger partial charge in [-0.25, -0.2) is 4.79 Å². The number of rotatable bonds is 7. The van der Waals surface area contributed by atoms with Crippen LogP contribution in [0, 0.1) is 6.92 Å². The van der Waals surface area contributed by atoms with E-state index in [0.29, 0.717) is 28.5 Å².